The predicted octanol–water partition coefficient (Wildman–Crippen LogP) is 2.87. The molecular formula is C11H12OS. The summed E-state index contributed by atoms with van der Waals surface area (Å²) in [5.74, 6) is 0. The summed E-state index contributed by atoms with van der Waals surface area (Å²) < 4.78 is 5.44. The summed E-state index contributed by atoms with van der Waals surface area (Å²) in [6, 6.07) is 8.42. The van der Waals surface area contributed by atoms with Crippen LogP contribution in [0, 0.1) is 0 Å². The van der Waals surface area contributed by atoms with E-state index in [9.17, 15) is 0 Å². The molecule has 0 saturated carbocycles. The number of rotatable bonds is 0. The van der Waals surface area contributed by atoms with E-state index in [4.69, 9.17) is 17.0 Å². The number of benzene rings is 1. The van der Waals surface area contributed by atoms with Crippen LogP contribution in [0.15, 0.2) is 24.3 Å². The molecule has 0 radical (unpaired) electrons. The molecule has 0 aromatic heterocycles. The lowest BCUT2D eigenvalue weighted by molar-refractivity contribution is 0.286. The van der Waals surface area contributed by atoms with Gasteiger partial charge in [0.2, 0.25) is 0 Å². The lowest BCUT2D eigenvalue weighted by Crippen LogP contribution is -2.08. The zero-order chi connectivity index (χ0) is 9.10. The normalized spacial score (nSPS) is 16.8. The third-order valence-corrected chi connectivity index (χ3v) is 2.66. The first-order valence-corrected chi connectivity index (χ1v) is 4.99. The van der Waals surface area contributed by atoms with Gasteiger partial charge in [-0.1, -0.05) is 24.3 Å². The fourth-order valence-electron chi connectivity index (χ4n) is 1.60. The minimum Gasteiger partial charge on any atom is -0.482 e. The van der Waals surface area contributed by atoms with Crippen molar-refractivity contribution in [1.29, 1.82) is 0 Å². The van der Waals surface area contributed by atoms with Crippen LogP contribution in [-0.4, -0.2) is 5.05 Å². The van der Waals surface area contributed by atoms with Crippen LogP contribution in [-0.2, 0) is 17.8 Å². The predicted molar refractivity (Wildman–Crippen MR) is 56.8 cm³/mol. The second-order valence-electron chi connectivity index (χ2n) is 3.28. The summed E-state index contributed by atoms with van der Waals surface area (Å²) >= 11 is 5.06. The van der Waals surface area contributed by atoms with Crippen LogP contribution in [0.25, 0.3) is 0 Å². The molecule has 0 spiro atoms. The van der Waals surface area contributed by atoms with Crippen LogP contribution in [0.1, 0.15) is 24.0 Å². The maximum atomic E-state index is 5.44. The van der Waals surface area contributed by atoms with Gasteiger partial charge in [0.1, 0.15) is 6.61 Å². The molecule has 1 heterocycles. The Morgan fingerprint density at radius 3 is 2.69 bits per heavy atom. The number of hydrogen-bond acceptors (Lipinski definition) is 2. The summed E-state index contributed by atoms with van der Waals surface area (Å²) in [6.45, 7) is 0.648. The largest absolute Gasteiger partial charge is 0.482 e. The van der Waals surface area contributed by atoms with E-state index in [1.165, 1.54) is 11.1 Å². The smallest absolute Gasteiger partial charge is 0.160 e. The van der Waals surface area contributed by atoms with Gasteiger partial charge in [0.25, 0.3) is 0 Å². The lowest BCUT2D eigenvalue weighted by Gasteiger charge is -2.15. The molecule has 13 heavy (non-hydrogen) atoms. The second kappa shape index (κ2) is 3.88. The molecule has 1 nitrogen and oxygen atoms in total. The van der Waals surface area contributed by atoms with Gasteiger partial charge >= 0.3 is 0 Å². The van der Waals surface area contributed by atoms with Crippen molar-refractivity contribution in [2.75, 3.05) is 0 Å². The highest BCUT2D eigenvalue weighted by molar-refractivity contribution is 7.80. The second-order valence-corrected chi connectivity index (χ2v) is 3.74. The van der Waals surface area contributed by atoms with E-state index in [1.807, 2.05) is 6.07 Å². The first kappa shape index (κ1) is 8.70. The van der Waals surface area contributed by atoms with Gasteiger partial charge in [-0.15, -0.1) is 0 Å². The highest BCUT2D eigenvalue weighted by Crippen LogP contribution is 2.17. The summed E-state index contributed by atoms with van der Waals surface area (Å²) in [6.07, 6.45) is 3.15. The Kier molecular flexibility index (Phi) is 2.60. The Bertz CT molecular complexity index is 320. The fourth-order valence-corrected chi connectivity index (χ4v) is 1.80. The van der Waals surface area contributed by atoms with Gasteiger partial charge in [-0.2, -0.15) is 0 Å². The summed E-state index contributed by atoms with van der Waals surface area (Å²) in [4.78, 5) is 0. The summed E-state index contributed by atoms with van der Waals surface area (Å²) in [5.41, 5.74) is 2.69. The number of aryl methyl sites for hydroxylation is 1. The molecule has 0 bridgehead atoms. The van der Waals surface area contributed by atoms with Crippen molar-refractivity contribution in [3.05, 3.63) is 35.4 Å². The van der Waals surface area contributed by atoms with Crippen molar-refractivity contribution in [3.63, 3.8) is 0 Å². The average Bonchev–Trinajstić information content (AvgIpc) is 2.13. The molecule has 1 aromatic carbocycles. The Hall–Kier alpha value is -0.890. The maximum absolute atomic E-state index is 5.44. The molecule has 2 heteroatoms. The fraction of sp³-hybridized carbons (Fsp3) is 0.364. The summed E-state index contributed by atoms with van der Waals surface area (Å²) in [5, 5.41) is 0.759. The minimum atomic E-state index is 0.648. The molecular weight excluding hydrogens is 180 g/mol. The van der Waals surface area contributed by atoms with E-state index in [0.717, 1.165) is 24.3 Å². The molecule has 0 atom stereocenters. The van der Waals surface area contributed by atoms with E-state index in [0.29, 0.717) is 6.61 Å². The van der Waals surface area contributed by atoms with Gasteiger partial charge in [-0.05, 0) is 36.2 Å². The molecule has 1 aromatic rings. The van der Waals surface area contributed by atoms with Crippen molar-refractivity contribution in [3.8, 4) is 0 Å². The highest BCUT2D eigenvalue weighted by Gasteiger charge is 2.08. The third-order valence-electron chi connectivity index (χ3n) is 2.33. The van der Waals surface area contributed by atoms with Crippen molar-refractivity contribution in [2.45, 2.75) is 25.9 Å². The van der Waals surface area contributed by atoms with Gasteiger partial charge in [0.15, 0.2) is 5.05 Å². The van der Waals surface area contributed by atoms with Gasteiger partial charge in [-0.25, -0.2) is 0 Å². The van der Waals surface area contributed by atoms with Crippen LogP contribution in [0.5, 0.6) is 0 Å². The molecule has 0 aliphatic carbocycles. The Morgan fingerprint density at radius 1 is 1.08 bits per heavy atom. The van der Waals surface area contributed by atoms with Crippen LogP contribution in [0.3, 0.4) is 0 Å². The number of hydrogen-bond donors (Lipinski definition) is 0. The molecule has 0 N–H and O–H groups in total. The molecule has 0 unspecified atom stereocenters. The van der Waals surface area contributed by atoms with Gasteiger partial charge in [0, 0.05) is 6.42 Å². The molecule has 1 aliphatic heterocycles. The Balaban J connectivity index is 2.24. The molecule has 2 rings (SSSR count). The zero-order valence-corrected chi connectivity index (χ0v) is 8.27. The average molecular weight is 192 g/mol. The van der Waals surface area contributed by atoms with Crippen molar-refractivity contribution < 1.29 is 4.74 Å². The number of fused-ring (bicyclic) bond motifs is 1. The molecule has 0 amide bonds. The van der Waals surface area contributed by atoms with Crippen LogP contribution in [0.4, 0.5) is 0 Å². The van der Waals surface area contributed by atoms with E-state index in [1.54, 1.807) is 0 Å². The summed E-state index contributed by atoms with van der Waals surface area (Å²) in [7, 11) is 0. The number of ether oxygens (including phenoxy) is 1. The van der Waals surface area contributed by atoms with E-state index >= 15 is 0 Å². The molecule has 0 saturated heterocycles. The van der Waals surface area contributed by atoms with Crippen LogP contribution < -0.4 is 0 Å². The third kappa shape index (κ3) is 2.07. The monoisotopic (exact) mass is 192 g/mol. The molecule has 0 fully saturated rings. The maximum Gasteiger partial charge on any atom is 0.160 e. The molecule has 68 valence electrons. The van der Waals surface area contributed by atoms with E-state index in [-0.39, 0.29) is 0 Å². The SMILES string of the molecule is S=C1CCCc2ccccc2CO1. The van der Waals surface area contributed by atoms with Crippen LogP contribution >= 0.6 is 12.2 Å². The minimum absolute atomic E-state index is 0.648. The first-order chi connectivity index (χ1) is 6.36. The van der Waals surface area contributed by atoms with Crippen LogP contribution in [0.2, 0.25) is 0 Å². The standard InChI is InChI=1S/C11H12OS/c13-11-7-3-6-9-4-1-2-5-10(9)8-12-11/h1-2,4-5H,3,6-8H2. The van der Waals surface area contributed by atoms with E-state index in [2.05, 4.69) is 18.2 Å². The molecule has 1 aliphatic rings. The zero-order valence-electron chi connectivity index (χ0n) is 7.45. The van der Waals surface area contributed by atoms with Crippen molar-refractivity contribution in [2.24, 2.45) is 0 Å². The highest BCUT2D eigenvalue weighted by atomic mass is 32.1. The topological polar surface area (TPSA) is 9.23 Å². The number of thiocarbonyl (C=S) groups is 1. The quantitative estimate of drug-likeness (QED) is 0.584. The van der Waals surface area contributed by atoms with Gasteiger partial charge in [0.05, 0.1) is 0 Å². The lowest BCUT2D eigenvalue weighted by atomic mass is 10.0. The Morgan fingerprint density at radius 2 is 1.85 bits per heavy atom. The first-order valence-electron chi connectivity index (χ1n) is 4.58. The van der Waals surface area contributed by atoms with Gasteiger partial charge < -0.3 is 4.74 Å². The Labute approximate surface area is 83.7 Å². The van der Waals surface area contributed by atoms with Crippen molar-refractivity contribution >= 4 is 17.3 Å². The van der Waals surface area contributed by atoms with E-state index < -0.39 is 0 Å². The van der Waals surface area contributed by atoms with Gasteiger partial charge in [-0.3, -0.25) is 0 Å². The van der Waals surface area contributed by atoms with Crippen molar-refractivity contribution in [1.82, 2.24) is 0 Å².